The molecule has 1 amide bonds. The number of aryl methyl sites for hydroxylation is 1. The lowest BCUT2D eigenvalue weighted by Crippen LogP contribution is -2.48. The van der Waals surface area contributed by atoms with E-state index in [1.165, 1.54) is 11.3 Å². The first-order valence-electron chi connectivity index (χ1n) is 9.95. The molecule has 4 rings (SSSR count). The Hall–Kier alpha value is -2.84. The largest absolute Gasteiger partial charge is 0.507 e. The fourth-order valence-electron chi connectivity index (χ4n) is 3.76. The fraction of sp³-hybridized carbons (Fsp3) is 0.364. The number of aromatic hydroxyl groups is 1. The number of nitrogens with zero attached hydrogens (tertiary/aromatic N) is 2. The Kier molecular flexibility index (Phi) is 5.78. The molecule has 2 aliphatic heterocycles. The van der Waals surface area contributed by atoms with E-state index >= 15 is 0 Å². The number of hydrogen-bond donors (Lipinski definition) is 1. The summed E-state index contributed by atoms with van der Waals surface area (Å²) in [6.45, 7) is 6.78. The summed E-state index contributed by atoms with van der Waals surface area (Å²) in [5.41, 5.74) is 1.80. The highest BCUT2D eigenvalue weighted by atomic mass is 32.1. The second-order valence-corrected chi connectivity index (χ2v) is 8.29. The number of piperazine rings is 1. The zero-order chi connectivity index (χ0) is 21.3. The minimum atomic E-state index is -0.298. The summed E-state index contributed by atoms with van der Waals surface area (Å²) in [7, 11) is 0. The molecule has 0 spiro atoms. The number of carbonyl (C=O) groups excluding carboxylic acids is 2. The van der Waals surface area contributed by atoms with E-state index < -0.39 is 0 Å². The summed E-state index contributed by atoms with van der Waals surface area (Å²) in [4.78, 5) is 29.6. The normalized spacial score (nSPS) is 17.9. The van der Waals surface area contributed by atoms with Crippen molar-refractivity contribution >= 4 is 29.3 Å². The predicted molar refractivity (Wildman–Crippen MR) is 114 cm³/mol. The number of phenolic OH excluding ortho intramolecular Hbond substituents is 1. The molecule has 7 nitrogen and oxygen atoms in total. The highest BCUT2D eigenvalue weighted by Crippen LogP contribution is 2.42. The van der Waals surface area contributed by atoms with Gasteiger partial charge in [0, 0.05) is 43.7 Å². The van der Waals surface area contributed by atoms with Crippen LogP contribution in [0.15, 0.2) is 29.3 Å². The first kappa shape index (κ1) is 20.4. The van der Waals surface area contributed by atoms with Gasteiger partial charge in [-0.3, -0.25) is 9.69 Å². The van der Waals surface area contributed by atoms with E-state index in [2.05, 4.69) is 4.90 Å². The Morgan fingerprint density at radius 2 is 2.10 bits per heavy atom. The highest BCUT2D eigenvalue weighted by Gasteiger charge is 2.34. The van der Waals surface area contributed by atoms with Gasteiger partial charge >= 0.3 is 6.09 Å². The van der Waals surface area contributed by atoms with Gasteiger partial charge in [-0.05, 0) is 36.9 Å². The van der Waals surface area contributed by atoms with Crippen LogP contribution < -0.4 is 4.74 Å². The number of rotatable bonds is 4. The molecule has 1 saturated heterocycles. The molecule has 1 N–H and O–H groups in total. The molecular formula is C22H24N2O5S. The molecule has 3 heterocycles. The molecule has 1 aromatic heterocycles. The van der Waals surface area contributed by atoms with Crippen LogP contribution in [0.5, 0.6) is 11.5 Å². The maximum atomic E-state index is 12.9. The van der Waals surface area contributed by atoms with E-state index in [0.29, 0.717) is 61.8 Å². The van der Waals surface area contributed by atoms with E-state index in [0.717, 1.165) is 4.88 Å². The molecule has 0 bridgehead atoms. The van der Waals surface area contributed by atoms with Crippen LogP contribution >= 0.6 is 11.3 Å². The molecule has 1 aromatic carbocycles. The number of ketones is 1. The van der Waals surface area contributed by atoms with Crippen LogP contribution in [0.4, 0.5) is 4.79 Å². The first-order valence-corrected chi connectivity index (χ1v) is 10.8. The Morgan fingerprint density at radius 3 is 2.77 bits per heavy atom. The van der Waals surface area contributed by atoms with Gasteiger partial charge in [0.25, 0.3) is 0 Å². The zero-order valence-electron chi connectivity index (χ0n) is 17.0. The first-order chi connectivity index (χ1) is 14.5. The van der Waals surface area contributed by atoms with E-state index in [4.69, 9.17) is 9.47 Å². The van der Waals surface area contributed by atoms with E-state index in [1.54, 1.807) is 30.9 Å². The summed E-state index contributed by atoms with van der Waals surface area (Å²) < 4.78 is 11.0. The van der Waals surface area contributed by atoms with Crippen LogP contribution in [0.2, 0.25) is 0 Å². The third-order valence-electron chi connectivity index (χ3n) is 5.32. The number of fused-ring (bicyclic) bond motifs is 1. The van der Waals surface area contributed by atoms with E-state index in [1.807, 2.05) is 17.5 Å². The maximum Gasteiger partial charge on any atom is 0.409 e. The van der Waals surface area contributed by atoms with Crippen LogP contribution in [-0.4, -0.2) is 59.6 Å². The summed E-state index contributed by atoms with van der Waals surface area (Å²) >= 11 is 1.53. The summed E-state index contributed by atoms with van der Waals surface area (Å²) in [6, 6.07) is 5.46. The van der Waals surface area contributed by atoms with Crippen molar-refractivity contribution in [3.63, 3.8) is 0 Å². The minimum Gasteiger partial charge on any atom is -0.507 e. The third kappa shape index (κ3) is 3.93. The van der Waals surface area contributed by atoms with Crippen molar-refractivity contribution in [3.05, 3.63) is 50.9 Å². The van der Waals surface area contributed by atoms with Gasteiger partial charge in [-0.2, -0.15) is 0 Å². The van der Waals surface area contributed by atoms with E-state index in [-0.39, 0.29) is 23.4 Å². The van der Waals surface area contributed by atoms with Gasteiger partial charge in [-0.1, -0.05) is 6.07 Å². The van der Waals surface area contributed by atoms with Crippen molar-refractivity contribution in [2.24, 2.45) is 0 Å². The van der Waals surface area contributed by atoms with Crippen molar-refractivity contribution in [1.82, 2.24) is 9.80 Å². The Bertz CT molecular complexity index is 991. The Balaban J connectivity index is 1.54. The number of phenols is 1. The van der Waals surface area contributed by atoms with Crippen LogP contribution in [0.3, 0.4) is 0 Å². The molecule has 0 aliphatic carbocycles. The van der Waals surface area contributed by atoms with Gasteiger partial charge in [0.15, 0.2) is 5.76 Å². The molecule has 30 heavy (non-hydrogen) atoms. The SMILES string of the molecule is CCOC(=O)N1CCN(Cc2c(O)cc(C)c3c2OC(=Cc2cccs2)C3=O)CC1. The molecule has 0 unspecified atom stereocenters. The lowest BCUT2D eigenvalue weighted by molar-refractivity contribution is 0.0774. The van der Waals surface area contributed by atoms with Crippen LogP contribution in [0.1, 0.15) is 33.3 Å². The minimum absolute atomic E-state index is 0.115. The molecule has 2 aromatic rings. The van der Waals surface area contributed by atoms with Gasteiger partial charge in [-0.25, -0.2) is 4.79 Å². The number of carbonyl (C=O) groups is 2. The Labute approximate surface area is 179 Å². The van der Waals surface area contributed by atoms with E-state index in [9.17, 15) is 14.7 Å². The van der Waals surface area contributed by atoms with Gasteiger partial charge in [-0.15, -0.1) is 11.3 Å². The standard InChI is InChI=1S/C22H24N2O5S/c1-3-28-22(27)24-8-6-23(7-9-24)13-16-17(25)11-14(2)19-20(26)18(29-21(16)19)12-15-5-4-10-30-15/h4-5,10-12,25H,3,6-9,13H2,1-2H3. The number of ether oxygens (including phenoxy) is 2. The summed E-state index contributed by atoms with van der Waals surface area (Å²) in [5.74, 6) is 0.663. The second kappa shape index (κ2) is 8.49. The number of thiophene rings is 1. The summed E-state index contributed by atoms with van der Waals surface area (Å²) in [6.07, 6.45) is 1.44. The van der Waals surface area contributed by atoms with Crippen molar-refractivity contribution in [2.45, 2.75) is 20.4 Å². The van der Waals surface area contributed by atoms with Gasteiger partial charge in [0.1, 0.15) is 11.5 Å². The smallest absolute Gasteiger partial charge is 0.409 e. The van der Waals surface area contributed by atoms with Gasteiger partial charge in [0.2, 0.25) is 5.78 Å². The lowest BCUT2D eigenvalue weighted by Gasteiger charge is -2.34. The maximum absolute atomic E-state index is 12.9. The van der Waals surface area contributed by atoms with Crippen LogP contribution in [-0.2, 0) is 11.3 Å². The van der Waals surface area contributed by atoms with Crippen molar-refractivity contribution in [1.29, 1.82) is 0 Å². The van der Waals surface area contributed by atoms with Crippen LogP contribution in [0, 0.1) is 6.92 Å². The molecule has 8 heteroatoms. The molecule has 0 saturated carbocycles. The number of hydrogen-bond acceptors (Lipinski definition) is 7. The topological polar surface area (TPSA) is 79.3 Å². The molecule has 1 fully saturated rings. The van der Waals surface area contributed by atoms with Crippen molar-refractivity contribution in [3.8, 4) is 11.5 Å². The Morgan fingerprint density at radius 1 is 1.33 bits per heavy atom. The fourth-order valence-corrected chi connectivity index (χ4v) is 4.41. The second-order valence-electron chi connectivity index (χ2n) is 7.31. The molecule has 2 aliphatic rings. The predicted octanol–water partition coefficient (Wildman–Crippen LogP) is 3.65. The van der Waals surface area contributed by atoms with Crippen molar-refractivity contribution < 1.29 is 24.2 Å². The molecule has 0 atom stereocenters. The average molecular weight is 429 g/mol. The molecule has 0 radical (unpaired) electrons. The average Bonchev–Trinajstić information content (AvgIpc) is 3.34. The zero-order valence-corrected chi connectivity index (χ0v) is 17.8. The molecule has 158 valence electrons. The highest BCUT2D eigenvalue weighted by molar-refractivity contribution is 7.10. The summed E-state index contributed by atoms with van der Waals surface area (Å²) in [5, 5.41) is 12.5. The van der Waals surface area contributed by atoms with Gasteiger partial charge in [0.05, 0.1) is 17.7 Å². The lowest BCUT2D eigenvalue weighted by atomic mass is 9.99. The number of amides is 1. The number of Topliss-reactive ketones (excluding diaryl/α,β-unsaturated/α-hetero) is 1. The van der Waals surface area contributed by atoms with Crippen LogP contribution in [0.25, 0.3) is 6.08 Å². The monoisotopic (exact) mass is 428 g/mol. The van der Waals surface area contributed by atoms with Gasteiger partial charge < -0.3 is 19.5 Å². The quantitative estimate of drug-likeness (QED) is 0.749. The number of benzene rings is 1. The third-order valence-corrected chi connectivity index (χ3v) is 6.14. The van der Waals surface area contributed by atoms with Crippen molar-refractivity contribution in [2.75, 3.05) is 32.8 Å². The number of allylic oxidation sites excluding steroid dienone is 1. The molecular weight excluding hydrogens is 404 g/mol.